The summed E-state index contributed by atoms with van der Waals surface area (Å²) in [5.41, 5.74) is -0.379. The van der Waals surface area contributed by atoms with Gasteiger partial charge >= 0.3 is 6.18 Å². The molecular formula is C16H21F3N4O3. The Hall–Kier alpha value is -2.59. The minimum absolute atomic E-state index is 0.318. The van der Waals surface area contributed by atoms with Gasteiger partial charge in [0.1, 0.15) is 12.1 Å². The van der Waals surface area contributed by atoms with Crippen molar-refractivity contribution in [3.63, 3.8) is 0 Å². The zero-order valence-electron chi connectivity index (χ0n) is 14.2. The maximum atomic E-state index is 12.7. The van der Waals surface area contributed by atoms with Crippen LogP contribution in [0, 0.1) is 0 Å². The molecule has 0 aliphatic heterocycles. The molecule has 7 nitrogen and oxygen atoms in total. The number of rotatable bonds is 7. The van der Waals surface area contributed by atoms with Gasteiger partial charge in [-0.05, 0) is 5.56 Å². The smallest absolute Gasteiger partial charge is 0.386 e. The van der Waals surface area contributed by atoms with E-state index in [2.05, 4.69) is 10.6 Å². The molecule has 0 fully saturated rings. The van der Waals surface area contributed by atoms with Gasteiger partial charge in [-0.1, -0.05) is 30.3 Å². The normalized spacial score (nSPS) is 14.3. The van der Waals surface area contributed by atoms with Crippen molar-refractivity contribution in [2.45, 2.75) is 24.7 Å². The van der Waals surface area contributed by atoms with Crippen molar-refractivity contribution in [1.29, 1.82) is 0 Å². The number of halogens is 3. The van der Waals surface area contributed by atoms with E-state index in [9.17, 15) is 27.9 Å². The van der Waals surface area contributed by atoms with Crippen molar-refractivity contribution >= 4 is 11.8 Å². The Balaban J connectivity index is 3.08. The lowest BCUT2D eigenvalue weighted by Gasteiger charge is -2.24. The van der Waals surface area contributed by atoms with Crippen LogP contribution in [0.3, 0.4) is 0 Å². The second kappa shape index (κ2) is 9.20. The van der Waals surface area contributed by atoms with Gasteiger partial charge in [0.25, 0.3) is 0 Å². The number of likely N-dealkylation sites (N-methyl/N-ethyl adjacent to an activating group) is 1. The van der Waals surface area contributed by atoms with Crippen LogP contribution in [0.15, 0.2) is 42.1 Å². The van der Waals surface area contributed by atoms with Crippen LogP contribution in [-0.2, 0) is 9.59 Å². The first-order valence-electron chi connectivity index (χ1n) is 7.55. The van der Waals surface area contributed by atoms with Crippen LogP contribution >= 0.6 is 0 Å². The number of aliphatic hydroxyl groups excluding tert-OH is 1. The molecule has 26 heavy (non-hydrogen) atoms. The van der Waals surface area contributed by atoms with E-state index in [1.54, 1.807) is 18.2 Å². The summed E-state index contributed by atoms with van der Waals surface area (Å²) < 4.78 is 38.1. The molecule has 5 N–H and O–H groups in total. The predicted molar refractivity (Wildman–Crippen MR) is 88.1 cm³/mol. The minimum Gasteiger partial charge on any atom is -0.386 e. The molecule has 0 aliphatic rings. The lowest BCUT2D eigenvalue weighted by molar-refractivity contribution is -0.136. The lowest BCUT2D eigenvalue weighted by atomic mass is 10.0. The molecule has 0 saturated heterocycles. The fraction of sp³-hybridized carbons (Fsp3) is 0.375. The Kier molecular flexibility index (Phi) is 7.59. The summed E-state index contributed by atoms with van der Waals surface area (Å²) in [6, 6.07) is 6.46. The van der Waals surface area contributed by atoms with Crippen molar-refractivity contribution in [2.24, 2.45) is 5.84 Å². The maximum Gasteiger partial charge on any atom is 0.393 e. The van der Waals surface area contributed by atoms with E-state index in [0.29, 0.717) is 5.56 Å². The van der Waals surface area contributed by atoms with Gasteiger partial charge in [0.05, 0.1) is 6.42 Å². The third-order valence-electron chi connectivity index (χ3n) is 3.31. The molecule has 2 amide bonds. The third-order valence-corrected chi connectivity index (χ3v) is 3.31. The van der Waals surface area contributed by atoms with E-state index in [4.69, 9.17) is 5.84 Å². The average Bonchev–Trinajstić information content (AvgIpc) is 2.56. The van der Waals surface area contributed by atoms with Gasteiger partial charge in [0, 0.05) is 25.9 Å². The van der Waals surface area contributed by atoms with E-state index in [-0.39, 0.29) is 0 Å². The van der Waals surface area contributed by atoms with E-state index < -0.39 is 42.1 Å². The number of nitrogens with two attached hydrogens (primary N) is 1. The summed E-state index contributed by atoms with van der Waals surface area (Å²) in [6.07, 6.45) is -6.84. The highest BCUT2D eigenvalue weighted by Gasteiger charge is 2.35. The molecule has 1 aromatic rings. The van der Waals surface area contributed by atoms with Gasteiger partial charge in [-0.25, -0.2) is 5.84 Å². The lowest BCUT2D eigenvalue weighted by Crippen LogP contribution is -2.50. The zero-order valence-corrected chi connectivity index (χ0v) is 14.2. The number of nitrogens with zero attached hydrogens (tertiary/aromatic N) is 1. The Labute approximate surface area is 148 Å². The Morgan fingerprint density at radius 3 is 2.35 bits per heavy atom. The van der Waals surface area contributed by atoms with Crippen LogP contribution in [0.2, 0.25) is 0 Å². The van der Waals surface area contributed by atoms with Crippen LogP contribution in [0.5, 0.6) is 0 Å². The second-order valence-corrected chi connectivity index (χ2v) is 5.53. The molecule has 0 spiro atoms. The van der Waals surface area contributed by atoms with Crippen LogP contribution in [0.1, 0.15) is 18.1 Å². The van der Waals surface area contributed by atoms with Crippen molar-refractivity contribution in [3.8, 4) is 0 Å². The highest BCUT2D eigenvalue weighted by molar-refractivity contribution is 5.97. The summed E-state index contributed by atoms with van der Waals surface area (Å²) in [5, 5.41) is 15.6. The first-order valence-corrected chi connectivity index (χ1v) is 7.55. The molecule has 2 unspecified atom stereocenters. The molecule has 0 radical (unpaired) electrons. The molecular weight excluding hydrogens is 353 g/mol. The summed E-state index contributed by atoms with van der Waals surface area (Å²) in [4.78, 5) is 24.3. The second-order valence-electron chi connectivity index (χ2n) is 5.53. The van der Waals surface area contributed by atoms with Crippen molar-refractivity contribution < 1.29 is 27.9 Å². The van der Waals surface area contributed by atoms with E-state index in [1.807, 2.05) is 0 Å². The van der Waals surface area contributed by atoms with Crippen LogP contribution in [0.4, 0.5) is 13.2 Å². The number of hydrogen-bond donors (Lipinski definition) is 4. The predicted octanol–water partition coefficient (Wildman–Crippen LogP) is 0.593. The SMILES string of the molecule is CNC(=O)C(NC(=O)/C(=C/N(C)N)CC(F)(F)F)C(O)c1ccccc1. The number of carbonyl (C=O) groups is 2. The molecule has 0 aromatic heterocycles. The number of carbonyl (C=O) groups excluding carboxylic acids is 2. The zero-order chi connectivity index (χ0) is 19.9. The summed E-state index contributed by atoms with van der Waals surface area (Å²) in [7, 11) is 2.53. The van der Waals surface area contributed by atoms with Gasteiger partial charge < -0.3 is 20.7 Å². The third kappa shape index (κ3) is 6.73. The van der Waals surface area contributed by atoms with Gasteiger partial charge in [0.15, 0.2) is 0 Å². The van der Waals surface area contributed by atoms with Crippen molar-refractivity contribution in [2.75, 3.05) is 14.1 Å². The molecule has 1 rings (SSSR count). The Morgan fingerprint density at radius 2 is 1.88 bits per heavy atom. The minimum atomic E-state index is -4.65. The summed E-state index contributed by atoms with van der Waals surface area (Å²) in [6.45, 7) is 0. The fourth-order valence-electron chi connectivity index (χ4n) is 2.17. The van der Waals surface area contributed by atoms with Crippen molar-refractivity contribution in [1.82, 2.24) is 15.6 Å². The average molecular weight is 374 g/mol. The molecule has 0 aliphatic carbocycles. The van der Waals surface area contributed by atoms with Crippen LogP contribution in [-0.4, -0.2) is 48.2 Å². The number of nitrogens with one attached hydrogen (secondary N) is 2. The number of hydrazine groups is 1. The Bertz CT molecular complexity index is 648. The maximum absolute atomic E-state index is 12.7. The van der Waals surface area contributed by atoms with E-state index in [1.165, 1.54) is 26.2 Å². The van der Waals surface area contributed by atoms with Gasteiger partial charge in [-0.3, -0.25) is 9.59 Å². The van der Waals surface area contributed by atoms with Crippen molar-refractivity contribution in [3.05, 3.63) is 47.7 Å². The number of benzene rings is 1. The molecule has 2 atom stereocenters. The van der Waals surface area contributed by atoms with E-state index in [0.717, 1.165) is 11.2 Å². The first-order chi connectivity index (χ1) is 12.0. The topological polar surface area (TPSA) is 108 Å². The number of aliphatic hydroxyl groups is 1. The monoisotopic (exact) mass is 374 g/mol. The number of amides is 2. The molecule has 144 valence electrons. The van der Waals surface area contributed by atoms with E-state index >= 15 is 0 Å². The number of hydrogen-bond acceptors (Lipinski definition) is 5. The largest absolute Gasteiger partial charge is 0.393 e. The van der Waals surface area contributed by atoms with Gasteiger partial charge in [-0.15, -0.1) is 0 Å². The fourth-order valence-corrected chi connectivity index (χ4v) is 2.17. The molecule has 0 heterocycles. The molecule has 1 aromatic carbocycles. The quantitative estimate of drug-likeness (QED) is 0.318. The molecule has 10 heteroatoms. The van der Waals surface area contributed by atoms with Gasteiger partial charge in [0.2, 0.25) is 11.8 Å². The van der Waals surface area contributed by atoms with Gasteiger partial charge in [-0.2, -0.15) is 13.2 Å². The highest BCUT2D eigenvalue weighted by atomic mass is 19.4. The van der Waals surface area contributed by atoms with Crippen LogP contribution < -0.4 is 16.5 Å². The van der Waals surface area contributed by atoms with Crippen LogP contribution in [0.25, 0.3) is 0 Å². The summed E-state index contributed by atoms with van der Waals surface area (Å²) >= 11 is 0. The first kappa shape index (κ1) is 21.5. The summed E-state index contributed by atoms with van der Waals surface area (Å²) in [5.74, 6) is 3.37. The number of alkyl halides is 3. The molecule has 0 saturated carbocycles. The highest BCUT2D eigenvalue weighted by Crippen LogP contribution is 2.25. The Morgan fingerprint density at radius 1 is 1.31 bits per heavy atom. The standard InChI is InChI=1S/C16H21F3N4O3/c1-21-15(26)12(13(24)10-6-4-3-5-7-10)22-14(25)11(9-23(2)20)8-16(17,18)19/h3-7,9,12-13,24H,8,20H2,1-2H3,(H,21,26)(H,22,25)/b11-9+. The molecule has 0 bridgehead atoms.